The van der Waals surface area contributed by atoms with Crippen molar-refractivity contribution in [1.82, 2.24) is 19.6 Å². The SMILES string of the molecule is O=C(Cn1nc(C(F)F)c(Br)c1C1CC1)Nc1cccc(Cn2cc(Cl)cn2)c1. The molecule has 0 radical (unpaired) electrons. The second-order valence-corrected chi connectivity index (χ2v) is 8.15. The highest BCUT2D eigenvalue weighted by Crippen LogP contribution is 2.45. The molecule has 1 amide bonds. The molecule has 2 heterocycles. The van der Waals surface area contributed by atoms with Crippen LogP contribution >= 0.6 is 27.5 Å². The Morgan fingerprint density at radius 1 is 1.38 bits per heavy atom. The molecule has 4 rings (SSSR count). The summed E-state index contributed by atoms with van der Waals surface area (Å²) >= 11 is 9.11. The minimum Gasteiger partial charge on any atom is -0.324 e. The number of aromatic nitrogens is 4. The van der Waals surface area contributed by atoms with Crippen LogP contribution in [0.2, 0.25) is 5.02 Å². The van der Waals surface area contributed by atoms with Crippen molar-refractivity contribution in [3.05, 3.63) is 63.1 Å². The number of halogens is 4. The number of hydrogen-bond acceptors (Lipinski definition) is 3. The Bertz CT molecular complexity index is 1050. The molecule has 10 heteroatoms. The van der Waals surface area contributed by atoms with Crippen LogP contribution < -0.4 is 5.32 Å². The number of nitrogens with zero attached hydrogens (tertiary/aromatic N) is 4. The van der Waals surface area contributed by atoms with Crippen molar-refractivity contribution < 1.29 is 13.6 Å². The Morgan fingerprint density at radius 3 is 2.83 bits per heavy atom. The summed E-state index contributed by atoms with van der Waals surface area (Å²) in [6, 6.07) is 7.34. The Labute approximate surface area is 179 Å². The summed E-state index contributed by atoms with van der Waals surface area (Å²) in [4.78, 5) is 12.5. The number of anilines is 1. The predicted molar refractivity (Wildman–Crippen MR) is 108 cm³/mol. The van der Waals surface area contributed by atoms with Gasteiger partial charge in [-0.1, -0.05) is 23.7 Å². The molecule has 1 aliphatic rings. The van der Waals surface area contributed by atoms with Gasteiger partial charge in [-0.2, -0.15) is 10.2 Å². The Morgan fingerprint density at radius 2 is 2.17 bits per heavy atom. The molecule has 1 aromatic carbocycles. The van der Waals surface area contributed by atoms with Gasteiger partial charge in [-0.05, 0) is 46.5 Å². The number of carbonyl (C=O) groups excluding carboxylic acids is 1. The van der Waals surface area contributed by atoms with Gasteiger partial charge in [0.05, 0.1) is 27.9 Å². The number of carbonyl (C=O) groups is 1. The maximum absolute atomic E-state index is 13.2. The Kier molecular flexibility index (Phi) is 5.69. The van der Waals surface area contributed by atoms with Crippen molar-refractivity contribution in [1.29, 1.82) is 0 Å². The molecule has 1 aliphatic carbocycles. The quantitative estimate of drug-likeness (QED) is 0.513. The van der Waals surface area contributed by atoms with E-state index in [1.807, 2.05) is 18.2 Å². The average molecular weight is 485 g/mol. The maximum Gasteiger partial charge on any atom is 0.283 e. The summed E-state index contributed by atoms with van der Waals surface area (Å²) in [6.45, 7) is 0.377. The van der Waals surface area contributed by atoms with Crippen LogP contribution in [0.1, 0.15) is 42.1 Å². The highest BCUT2D eigenvalue weighted by Gasteiger charge is 2.34. The van der Waals surface area contributed by atoms with E-state index in [4.69, 9.17) is 11.6 Å². The lowest BCUT2D eigenvalue weighted by atomic mass is 10.2. The first-order chi connectivity index (χ1) is 13.9. The van der Waals surface area contributed by atoms with Gasteiger partial charge in [0.1, 0.15) is 12.2 Å². The minimum atomic E-state index is -2.70. The van der Waals surface area contributed by atoms with Crippen LogP contribution in [0.4, 0.5) is 14.5 Å². The number of hydrogen-bond donors (Lipinski definition) is 1. The van der Waals surface area contributed by atoms with Crippen LogP contribution in [0.5, 0.6) is 0 Å². The van der Waals surface area contributed by atoms with Crippen LogP contribution in [-0.2, 0) is 17.9 Å². The molecule has 0 aliphatic heterocycles. The van der Waals surface area contributed by atoms with E-state index in [1.165, 1.54) is 4.68 Å². The van der Waals surface area contributed by atoms with E-state index in [9.17, 15) is 13.6 Å². The molecule has 0 bridgehead atoms. The normalized spacial score (nSPS) is 13.8. The number of amides is 1. The predicted octanol–water partition coefficient (Wildman–Crippen LogP) is 5.00. The Hall–Kier alpha value is -2.26. The van der Waals surface area contributed by atoms with E-state index < -0.39 is 6.43 Å². The number of benzene rings is 1. The van der Waals surface area contributed by atoms with Gasteiger partial charge in [0.25, 0.3) is 6.43 Å². The van der Waals surface area contributed by atoms with Crippen molar-refractivity contribution >= 4 is 39.1 Å². The van der Waals surface area contributed by atoms with Crippen molar-refractivity contribution in [2.45, 2.75) is 38.3 Å². The van der Waals surface area contributed by atoms with Gasteiger partial charge >= 0.3 is 0 Å². The lowest BCUT2D eigenvalue weighted by Gasteiger charge is -2.10. The monoisotopic (exact) mass is 483 g/mol. The fraction of sp³-hybridized carbons (Fsp3) is 0.316. The summed E-state index contributed by atoms with van der Waals surface area (Å²) in [5, 5.41) is 11.5. The van der Waals surface area contributed by atoms with E-state index in [1.54, 1.807) is 23.1 Å². The zero-order valence-corrected chi connectivity index (χ0v) is 17.5. The molecular formula is C19H17BrClF2N5O. The van der Waals surface area contributed by atoms with E-state index >= 15 is 0 Å². The van der Waals surface area contributed by atoms with Crippen molar-refractivity contribution in [2.24, 2.45) is 0 Å². The first-order valence-electron chi connectivity index (χ1n) is 9.01. The van der Waals surface area contributed by atoms with Crippen LogP contribution in [-0.4, -0.2) is 25.5 Å². The standard InChI is InChI=1S/C19H17BrClF2N5O/c20-16-17(19(22)23)26-28(18(16)12-4-5-12)10-15(29)25-14-3-1-2-11(6-14)8-27-9-13(21)7-24-27/h1-3,6-7,9,12,19H,4-5,8,10H2,(H,25,29). The highest BCUT2D eigenvalue weighted by atomic mass is 79.9. The van der Waals surface area contributed by atoms with Crippen LogP contribution in [0.25, 0.3) is 0 Å². The number of rotatable bonds is 7. The molecule has 0 saturated heterocycles. The summed E-state index contributed by atoms with van der Waals surface area (Å²) in [5.74, 6) is -0.164. The molecule has 29 heavy (non-hydrogen) atoms. The number of nitrogens with one attached hydrogen (secondary N) is 1. The zero-order valence-electron chi connectivity index (χ0n) is 15.2. The molecule has 3 aromatic rings. The third-order valence-electron chi connectivity index (χ3n) is 4.58. The third kappa shape index (κ3) is 4.67. The van der Waals surface area contributed by atoms with Gasteiger partial charge in [-0.25, -0.2) is 8.78 Å². The van der Waals surface area contributed by atoms with Crippen molar-refractivity contribution in [2.75, 3.05) is 5.32 Å². The number of alkyl halides is 2. The maximum atomic E-state index is 13.2. The lowest BCUT2D eigenvalue weighted by molar-refractivity contribution is -0.117. The molecule has 152 valence electrons. The lowest BCUT2D eigenvalue weighted by Crippen LogP contribution is -2.21. The fourth-order valence-electron chi connectivity index (χ4n) is 3.17. The third-order valence-corrected chi connectivity index (χ3v) is 5.59. The molecule has 2 aromatic heterocycles. The van der Waals surface area contributed by atoms with Crippen molar-refractivity contribution in [3.63, 3.8) is 0 Å². The first-order valence-corrected chi connectivity index (χ1v) is 10.2. The molecule has 1 fully saturated rings. The van der Waals surface area contributed by atoms with Gasteiger partial charge in [-0.3, -0.25) is 14.2 Å². The highest BCUT2D eigenvalue weighted by molar-refractivity contribution is 9.10. The fourth-order valence-corrected chi connectivity index (χ4v) is 4.11. The van der Waals surface area contributed by atoms with Gasteiger partial charge in [0.2, 0.25) is 5.91 Å². The summed E-state index contributed by atoms with van der Waals surface area (Å²) in [6.07, 6.45) is 2.39. The van der Waals surface area contributed by atoms with Crippen LogP contribution in [0, 0.1) is 0 Å². The van der Waals surface area contributed by atoms with Gasteiger partial charge in [0, 0.05) is 17.8 Å². The zero-order chi connectivity index (χ0) is 20.5. The van der Waals surface area contributed by atoms with E-state index in [2.05, 4.69) is 31.4 Å². The summed E-state index contributed by atoms with van der Waals surface area (Å²) < 4.78 is 29.8. The summed E-state index contributed by atoms with van der Waals surface area (Å²) in [5.41, 5.74) is 1.89. The van der Waals surface area contributed by atoms with E-state index in [0.29, 0.717) is 27.4 Å². The molecule has 0 unspecified atom stereocenters. The average Bonchev–Trinajstić information content (AvgIpc) is 3.32. The topological polar surface area (TPSA) is 64.7 Å². The summed E-state index contributed by atoms with van der Waals surface area (Å²) in [7, 11) is 0. The molecule has 1 saturated carbocycles. The minimum absolute atomic E-state index is 0.129. The van der Waals surface area contributed by atoms with Gasteiger partial charge in [0.15, 0.2) is 0 Å². The van der Waals surface area contributed by atoms with Crippen LogP contribution in [0.3, 0.4) is 0 Å². The second kappa shape index (κ2) is 8.23. The first kappa shape index (κ1) is 20.0. The molecule has 0 atom stereocenters. The van der Waals surface area contributed by atoms with Crippen molar-refractivity contribution in [3.8, 4) is 0 Å². The molecule has 0 spiro atoms. The van der Waals surface area contributed by atoms with E-state index in [0.717, 1.165) is 18.4 Å². The largest absolute Gasteiger partial charge is 0.324 e. The second-order valence-electron chi connectivity index (χ2n) is 6.92. The Balaban J connectivity index is 1.46. The molecule has 1 N–H and O–H groups in total. The van der Waals surface area contributed by atoms with Gasteiger partial charge < -0.3 is 5.32 Å². The molecular weight excluding hydrogens is 468 g/mol. The van der Waals surface area contributed by atoms with Gasteiger partial charge in [-0.15, -0.1) is 0 Å². The smallest absolute Gasteiger partial charge is 0.283 e. The van der Waals surface area contributed by atoms with E-state index in [-0.39, 0.29) is 24.1 Å². The van der Waals surface area contributed by atoms with Crippen LogP contribution in [0.15, 0.2) is 41.1 Å². The molecule has 6 nitrogen and oxygen atoms in total.